The molecular weight excluding hydrogens is 181 g/mol. The van der Waals surface area contributed by atoms with Crippen LogP contribution in [-0.2, 0) is 0 Å². The first-order valence-corrected chi connectivity index (χ1v) is 4.50. The van der Waals surface area contributed by atoms with Crippen LogP contribution in [0.5, 0.6) is 0 Å². The van der Waals surface area contributed by atoms with Crippen molar-refractivity contribution in [2.75, 3.05) is 0 Å². The van der Waals surface area contributed by atoms with Gasteiger partial charge >= 0.3 is 6.18 Å². The van der Waals surface area contributed by atoms with E-state index in [9.17, 15) is 13.2 Å². The van der Waals surface area contributed by atoms with Crippen LogP contribution in [0, 0.1) is 5.92 Å². The lowest BCUT2D eigenvalue weighted by atomic mass is 9.93. The Morgan fingerprint density at radius 2 is 1.77 bits per heavy atom. The molecule has 80 valence electrons. The van der Waals surface area contributed by atoms with Gasteiger partial charge in [-0.15, -0.1) is 0 Å². The van der Waals surface area contributed by atoms with E-state index >= 15 is 0 Å². The predicted molar refractivity (Wildman–Crippen MR) is 45.4 cm³/mol. The van der Waals surface area contributed by atoms with E-state index in [1.165, 1.54) is 0 Å². The third-order valence-corrected chi connectivity index (χ3v) is 2.43. The van der Waals surface area contributed by atoms with Crippen molar-refractivity contribution < 1.29 is 18.3 Å². The molecule has 0 bridgehead atoms. The van der Waals surface area contributed by atoms with Crippen molar-refractivity contribution >= 4 is 0 Å². The van der Waals surface area contributed by atoms with Gasteiger partial charge in [-0.1, -0.05) is 20.3 Å². The summed E-state index contributed by atoms with van der Waals surface area (Å²) in [6, 6.07) is 0. The highest BCUT2D eigenvalue weighted by Gasteiger charge is 2.49. The summed E-state index contributed by atoms with van der Waals surface area (Å²) in [5.74, 6) is 0.230. The quantitative estimate of drug-likeness (QED) is 0.735. The first kappa shape index (κ1) is 12.8. The Labute approximate surface area is 76.9 Å². The van der Waals surface area contributed by atoms with Crippen LogP contribution in [0.4, 0.5) is 13.2 Å². The van der Waals surface area contributed by atoms with Crippen molar-refractivity contribution in [2.24, 2.45) is 5.92 Å². The van der Waals surface area contributed by atoms with Crippen molar-refractivity contribution in [1.82, 2.24) is 0 Å². The zero-order valence-corrected chi connectivity index (χ0v) is 8.28. The smallest absolute Gasteiger partial charge is 0.381 e. The summed E-state index contributed by atoms with van der Waals surface area (Å²) in [5.41, 5.74) is -2.53. The van der Waals surface area contributed by atoms with Gasteiger partial charge in [0.15, 0.2) is 5.60 Å². The largest absolute Gasteiger partial charge is 0.416 e. The molecule has 1 N–H and O–H groups in total. The summed E-state index contributed by atoms with van der Waals surface area (Å²) in [6.45, 7) is 4.63. The molecule has 4 heteroatoms. The zero-order chi connectivity index (χ0) is 10.7. The standard InChI is InChI=1S/C9H17F3O/c1-4-7(2)5-6-8(3,13)9(10,11)12/h7,13H,4-6H2,1-3H3. The molecule has 2 unspecified atom stereocenters. The van der Waals surface area contributed by atoms with Crippen LogP contribution in [0.3, 0.4) is 0 Å². The van der Waals surface area contributed by atoms with Crippen LogP contribution in [-0.4, -0.2) is 16.9 Å². The monoisotopic (exact) mass is 198 g/mol. The number of aliphatic hydroxyl groups is 1. The maximum absolute atomic E-state index is 12.1. The third-order valence-electron chi connectivity index (χ3n) is 2.43. The average molecular weight is 198 g/mol. The van der Waals surface area contributed by atoms with E-state index in [0.717, 1.165) is 13.3 Å². The molecule has 1 nitrogen and oxygen atoms in total. The third kappa shape index (κ3) is 3.98. The van der Waals surface area contributed by atoms with Gasteiger partial charge in [-0.25, -0.2) is 0 Å². The minimum atomic E-state index is -4.51. The molecule has 13 heavy (non-hydrogen) atoms. The maximum atomic E-state index is 12.1. The second-order valence-corrected chi connectivity index (χ2v) is 3.82. The van der Waals surface area contributed by atoms with E-state index in [0.29, 0.717) is 6.42 Å². The van der Waals surface area contributed by atoms with Crippen molar-refractivity contribution in [3.05, 3.63) is 0 Å². The molecule has 0 aromatic rings. The summed E-state index contributed by atoms with van der Waals surface area (Å²) >= 11 is 0. The van der Waals surface area contributed by atoms with Crippen LogP contribution < -0.4 is 0 Å². The van der Waals surface area contributed by atoms with Crippen LogP contribution >= 0.6 is 0 Å². The van der Waals surface area contributed by atoms with Crippen LogP contribution in [0.1, 0.15) is 40.0 Å². The topological polar surface area (TPSA) is 20.2 Å². The van der Waals surface area contributed by atoms with Gasteiger partial charge in [0, 0.05) is 0 Å². The Kier molecular flexibility index (Phi) is 4.23. The normalized spacial score (nSPS) is 19.6. The lowest BCUT2D eigenvalue weighted by molar-refractivity contribution is -0.255. The molecule has 0 heterocycles. The van der Waals surface area contributed by atoms with Gasteiger partial charge in [-0.3, -0.25) is 0 Å². The molecule has 0 saturated carbocycles. The van der Waals surface area contributed by atoms with E-state index in [2.05, 4.69) is 0 Å². The number of halogens is 3. The lowest BCUT2D eigenvalue weighted by Crippen LogP contribution is -2.42. The SMILES string of the molecule is CCC(C)CCC(C)(O)C(F)(F)F. The van der Waals surface area contributed by atoms with Gasteiger partial charge in [0.05, 0.1) is 0 Å². The zero-order valence-electron chi connectivity index (χ0n) is 8.28. The van der Waals surface area contributed by atoms with Gasteiger partial charge in [-0.2, -0.15) is 13.2 Å². The molecule has 0 amide bonds. The number of hydrogen-bond acceptors (Lipinski definition) is 1. The Bertz CT molecular complexity index is 151. The van der Waals surface area contributed by atoms with Crippen LogP contribution in [0.2, 0.25) is 0 Å². The summed E-state index contributed by atoms with van der Waals surface area (Å²) in [7, 11) is 0. The van der Waals surface area contributed by atoms with Gasteiger partial charge in [0.25, 0.3) is 0 Å². The summed E-state index contributed by atoms with van der Waals surface area (Å²) in [4.78, 5) is 0. The van der Waals surface area contributed by atoms with Crippen LogP contribution in [0.25, 0.3) is 0 Å². The molecule has 0 fully saturated rings. The fourth-order valence-electron chi connectivity index (χ4n) is 0.873. The van der Waals surface area contributed by atoms with Gasteiger partial charge in [-0.05, 0) is 25.7 Å². The first-order chi connectivity index (χ1) is 5.70. The Morgan fingerprint density at radius 3 is 2.08 bits per heavy atom. The van der Waals surface area contributed by atoms with Crippen molar-refractivity contribution in [2.45, 2.75) is 51.8 Å². The molecule has 0 aliphatic rings. The molecule has 0 saturated heterocycles. The second-order valence-electron chi connectivity index (χ2n) is 3.82. The summed E-state index contributed by atoms with van der Waals surface area (Å²) < 4.78 is 36.4. The van der Waals surface area contributed by atoms with E-state index in [-0.39, 0.29) is 12.3 Å². The van der Waals surface area contributed by atoms with Crippen LogP contribution in [0.15, 0.2) is 0 Å². The molecule has 0 aliphatic heterocycles. The molecule has 0 aromatic heterocycles. The van der Waals surface area contributed by atoms with E-state index in [1.807, 2.05) is 13.8 Å². The average Bonchev–Trinajstić information content (AvgIpc) is 1.98. The number of rotatable bonds is 4. The Morgan fingerprint density at radius 1 is 1.31 bits per heavy atom. The predicted octanol–water partition coefficient (Wildman–Crippen LogP) is 3.13. The summed E-state index contributed by atoms with van der Waals surface area (Å²) in [6.07, 6.45) is -3.48. The van der Waals surface area contributed by atoms with E-state index in [1.54, 1.807) is 0 Å². The van der Waals surface area contributed by atoms with Crippen molar-refractivity contribution in [3.63, 3.8) is 0 Å². The molecule has 0 aromatic carbocycles. The van der Waals surface area contributed by atoms with Gasteiger partial charge in [0.2, 0.25) is 0 Å². The summed E-state index contributed by atoms with van der Waals surface area (Å²) in [5, 5.41) is 9.07. The number of hydrogen-bond donors (Lipinski definition) is 1. The molecule has 2 atom stereocenters. The van der Waals surface area contributed by atoms with Gasteiger partial charge < -0.3 is 5.11 Å². The fourth-order valence-corrected chi connectivity index (χ4v) is 0.873. The van der Waals surface area contributed by atoms with E-state index in [4.69, 9.17) is 5.11 Å². The molecule has 0 radical (unpaired) electrons. The maximum Gasteiger partial charge on any atom is 0.416 e. The Balaban J connectivity index is 4.04. The first-order valence-electron chi connectivity index (χ1n) is 4.50. The van der Waals surface area contributed by atoms with Crippen molar-refractivity contribution in [3.8, 4) is 0 Å². The molecular formula is C9H17F3O. The Hall–Kier alpha value is -0.250. The lowest BCUT2D eigenvalue weighted by Gasteiger charge is -2.27. The number of alkyl halides is 3. The molecule has 0 spiro atoms. The highest BCUT2D eigenvalue weighted by molar-refractivity contribution is 4.81. The molecule has 0 rings (SSSR count). The minimum absolute atomic E-state index is 0.217. The highest BCUT2D eigenvalue weighted by Crippen LogP contribution is 2.34. The van der Waals surface area contributed by atoms with Crippen molar-refractivity contribution in [1.29, 1.82) is 0 Å². The second kappa shape index (κ2) is 4.31. The van der Waals surface area contributed by atoms with E-state index < -0.39 is 11.8 Å². The highest BCUT2D eigenvalue weighted by atomic mass is 19.4. The minimum Gasteiger partial charge on any atom is -0.381 e. The molecule has 0 aliphatic carbocycles. The fraction of sp³-hybridized carbons (Fsp3) is 1.00. The van der Waals surface area contributed by atoms with Gasteiger partial charge in [0.1, 0.15) is 0 Å².